The molecule has 0 aliphatic heterocycles. The average Bonchev–Trinajstić information content (AvgIpc) is 2.26. The van der Waals surface area contributed by atoms with Crippen molar-refractivity contribution in [2.75, 3.05) is 7.11 Å². The molecule has 0 aromatic heterocycles. The van der Waals surface area contributed by atoms with Crippen molar-refractivity contribution in [2.45, 2.75) is 0 Å². The Hall–Kier alpha value is -1.05. The van der Waals surface area contributed by atoms with Gasteiger partial charge in [-0.25, -0.2) is 0 Å². The van der Waals surface area contributed by atoms with Crippen molar-refractivity contribution in [2.24, 2.45) is 0 Å². The Morgan fingerprint density at radius 1 is 1.67 bits per heavy atom. The Balaban J connectivity index is 3.05. The highest BCUT2D eigenvalue weighted by molar-refractivity contribution is 9.12. The Labute approximate surface area is 79.0 Å². The molecule has 0 heterocycles. The van der Waals surface area contributed by atoms with Gasteiger partial charge in [-0.1, -0.05) is 0 Å². The molecule has 62 valence electrons. The normalized spacial score (nSPS) is 15.7. The largest absolute Gasteiger partial charge is 0.496 e. The number of allylic oxidation sites excluding steroid dienone is 4. The highest BCUT2D eigenvalue weighted by Crippen LogP contribution is 2.20. The minimum Gasteiger partial charge on any atom is -0.496 e. The van der Waals surface area contributed by atoms with Crippen LogP contribution < -0.4 is 0 Å². The molecule has 1 aliphatic carbocycles. The summed E-state index contributed by atoms with van der Waals surface area (Å²) in [5.41, 5.74) is 3.28. The van der Waals surface area contributed by atoms with Crippen LogP contribution in [-0.4, -0.2) is 13.4 Å². The number of carbonyl (C=O) groups is 1. The van der Waals surface area contributed by atoms with Gasteiger partial charge in [0.2, 0.25) is 0 Å². The summed E-state index contributed by atoms with van der Waals surface area (Å²) in [5.74, 6) is 0.680. The zero-order chi connectivity index (χ0) is 8.97. The first-order valence-corrected chi connectivity index (χ1v) is 4.11. The lowest BCUT2D eigenvalue weighted by Gasteiger charge is -2.01. The molecule has 0 unspecified atom stereocenters. The van der Waals surface area contributed by atoms with Crippen molar-refractivity contribution in [3.8, 4) is 0 Å². The molecule has 3 heteroatoms. The average molecular weight is 227 g/mol. The summed E-state index contributed by atoms with van der Waals surface area (Å²) in [6.07, 6.45) is 5.78. The lowest BCUT2D eigenvalue weighted by molar-refractivity contribution is -0.104. The summed E-state index contributed by atoms with van der Waals surface area (Å²) in [7, 11) is 1.57. The molecular weight excluding hydrogens is 220 g/mol. The first-order chi connectivity index (χ1) is 5.77. The van der Waals surface area contributed by atoms with E-state index in [1.165, 1.54) is 0 Å². The van der Waals surface area contributed by atoms with E-state index in [9.17, 15) is 4.79 Å². The summed E-state index contributed by atoms with van der Waals surface area (Å²) in [5, 5.41) is 0. The van der Waals surface area contributed by atoms with E-state index in [1.807, 2.05) is 0 Å². The molecule has 0 fully saturated rings. The molecule has 0 aromatic rings. The van der Waals surface area contributed by atoms with E-state index in [1.54, 1.807) is 25.3 Å². The van der Waals surface area contributed by atoms with Crippen LogP contribution in [0, 0.1) is 0 Å². The van der Waals surface area contributed by atoms with Gasteiger partial charge in [0.05, 0.1) is 17.2 Å². The van der Waals surface area contributed by atoms with E-state index in [4.69, 9.17) is 4.74 Å². The topological polar surface area (TPSA) is 26.3 Å². The number of hydrogen-bond donors (Lipinski definition) is 0. The summed E-state index contributed by atoms with van der Waals surface area (Å²) < 4.78 is 5.77. The third-order valence-electron chi connectivity index (χ3n) is 1.35. The van der Waals surface area contributed by atoms with Crippen LogP contribution in [0.2, 0.25) is 0 Å². The van der Waals surface area contributed by atoms with Gasteiger partial charge < -0.3 is 4.74 Å². The second-order valence-corrected chi connectivity index (χ2v) is 2.97. The van der Waals surface area contributed by atoms with Crippen LogP contribution in [0.1, 0.15) is 0 Å². The van der Waals surface area contributed by atoms with E-state index in [2.05, 4.69) is 21.7 Å². The molecule has 0 saturated heterocycles. The molecule has 0 amide bonds. The highest BCUT2D eigenvalue weighted by Gasteiger charge is 2.03. The molecule has 1 aliphatic rings. The maximum atomic E-state index is 10.4. The molecule has 1 rings (SSSR count). The van der Waals surface area contributed by atoms with Crippen molar-refractivity contribution in [1.29, 1.82) is 0 Å². The van der Waals surface area contributed by atoms with Crippen molar-refractivity contribution >= 4 is 22.2 Å². The van der Waals surface area contributed by atoms with Gasteiger partial charge in [0, 0.05) is 0 Å². The third-order valence-corrected chi connectivity index (χ3v) is 1.97. The predicted octanol–water partition coefficient (Wildman–Crippen LogP) is 2.09. The number of aldehydes is 1. The zero-order valence-corrected chi connectivity index (χ0v) is 8.09. The van der Waals surface area contributed by atoms with Gasteiger partial charge in [-0.05, 0) is 34.2 Å². The molecule has 2 nitrogen and oxygen atoms in total. The first-order valence-electron chi connectivity index (χ1n) is 3.31. The lowest BCUT2D eigenvalue weighted by Crippen LogP contribution is -1.85. The Kier molecular flexibility index (Phi) is 3.09. The summed E-state index contributed by atoms with van der Waals surface area (Å²) in [4.78, 5) is 10.4. The molecule has 0 radical (unpaired) electrons. The smallest absolute Gasteiger partial charge is 0.157 e. The van der Waals surface area contributed by atoms with Gasteiger partial charge in [-0.2, -0.15) is 0 Å². The van der Waals surface area contributed by atoms with Crippen molar-refractivity contribution < 1.29 is 9.53 Å². The number of carbonyl (C=O) groups excluding carboxylic acids is 1. The van der Waals surface area contributed by atoms with Crippen LogP contribution in [0.5, 0.6) is 0 Å². The molecule has 0 bridgehead atoms. The van der Waals surface area contributed by atoms with Crippen LogP contribution in [0.3, 0.4) is 0 Å². The van der Waals surface area contributed by atoms with E-state index in [-0.39, 0.29) is 0 Å². The SMILES string of the molecule is COC1=CC=C=C(C=O)C=C1Br. The minimum absolute atomic E-state index is 0.491. The summed E-state index contributed by atoms with van der Waals surface area (Å²) >= 11 is 3.27. The van der Waals surface area contributed by atoms with Crippen LogP contribution in [-0.2, 0) is 9.53 Å². The third kappa shape index (κ3) is 1.97. The fraction of sp³-hybridized carbons (Fsp3) is 0.111. The molecule has 12 heavy (non-hydrogen) atoms. The van der Waals surface area contributed by atoms with E-state index >= 15 is 0 Å². The maximum Gasteiger partial charge on any atom is 0.157 e. The summed E-state index contributed by atoms with van der Waals surface area (Å²) in [6, 6.07) is 0. The molecule has 0 atom stereocenters. The Morgan fingerprint density at radius 3 is 3.00 bits per heavy atom. The molecular formula is C9H7BrO2. The van der Waals surface area contributed by atoms with Crippen LogP contribution >= 0.6 is 15.9 Å². The molecule has 0 spiro atoms. The van der Waals surface area contributed by atoms with Crippen molar-refractivity contribution in [1.82, 2.24) is 0 Å². The van der Waals surface area contributed by atoms with Crippen LogP contribution in [0.4, 0.5) is 0 Å². The highest BCUT2D eigenvalue weighted by atomic mass is 79.9. The monoisotopic (exact) mass is 226 g/mol. The van der Waals surface area contributed by atoms with Crippen LogP contribution in [0.25, 0.3) is 0 Å². The van der Waals surface area contributed by atoms with E-state index < -0.39 is 0 Å². The van der Waals surface area contributed by atoms with Crippen molar-refractivity contribution in [3.05, 3.63) is 39.8 Å². The zero-order valence-electron chi connectivity index (χ0n) is 6.50. The molecule has 0 saturated carbocycles. The van der Waals surface area contributed by atoms with Crippen LogP contribution in [0.15, 0.2) is 39.8 Å². The summed E-state index contributed by atoms with van der Waals surface area (Å²) in [6.45, 7) is 0. The second kappa shape index (κ2) is 4.10. The number of halogens is 1. The van der Waals surface area contributed by atoms with Gasteiger partial charge in [-0.15, -0.1) is 5.73 Å². The number of rotatable bonds is 2. The van der Waals surface area contributed by atoms with E-state index in [0.717, 1.165) is 10.8 Å². The lowest BCUT2D eigenvalue weighted by atomic mass is 10.3. The quantitative estimate of drug-likeness (QED) is 0.533. The van der Waals surface area contributed by atoms with Crippen molar-refractivity contribution in [3.63, 3.8) is 0 Å². The van der Waals surface area contributed by atoms with Gasteiger partial charge in [0.25, 0.3) is 0 Å². The van der Waals surface area contributed by atoms with Gasteiger partial charge in [-0.3, -0.25) is 4.79 Å². The number of hydrogen-bond acceptors (Lipinski definition) is 2. The van der Waals surface area contributed by atoms with E-state index in [0.29, 0.717) is 11.3 Å². The first kappa shape index (κ1) is 9.04. The fourth-order valence-electron chi connectivity index (χ4n) is 0.776. The van der Waals surface area contributed by atoms with Gasteiger partial charge in [0.15, 0.2) is 6.29 Å². The fourth-order valence-corrected chi connectivity index (χ4v) is 1.32. The Morgan fingerprint density at radius 2 is 2.42 bits per heavy atom. The predicted molar refractivity (Wildman–Crippen MR) is 49.8 cm³/mol. The second-order valence-electron chi connectivity index (χ2n) is 2.11. The molecule has 0 N–H and O–H groups in total. The van der Waals surface area contributed by atoms with Gasteiger partial charge >= 0.3 is 0 Å². The number of methoxy groups -OCH3 is 1. The molecule has 0 aromatic carbocycles. The number of ether oxygens (including phenoxy) is 1. The standard InChI is InChI=1S/C9H7BrO2/c1-12-9-4-2-3-7(6-11)5-8(9)10/h2,4-6H,1H3. The maximum absolute atomic E-state index is 10.4. The Bertz CT molecular complexity index is 317. The minimum atomic E-state index is 0.491. The van der Waals surface area contributed by atoms with Gasteiger partial charge in [0.1, 0.15) is 5.76 Å².